The lowest BCUT2D eigenvalue weighted by atomic mass is 9.56. The molecular weight excluding hydrogens is 432 g/mol. The Kier molecular flexibility index (Phi) is 7.92. The van der Waals surface area contributed by atoms with Gasteiger partial charge in [0, 0.05) is 0 Å². The Hall–Kier alpha value is 0. The van der Waals surface area contributed by atoms with E-state index in [0.29, 0.717) is 0 Å². The third-order valence-electron chi connectivity index (χ3n) is 14.5. The van der Waals surface area contributed by atoms with Crippen LogP contribution in [0.25, 0.3) is 0 Å². The molecule has 0 heteroatoms. The molecule has 0 bridgehead atoms. The normalized spacial score (nSPS) is 52.8. The van der Waals surface area contributed by atoms with Gasteiger partial charge in [0.1, 0.15) is 0 Å². The molecule has 0 amide bonds. The summed E-state index contributed by atoms with van der Waals surface area (Å²) in [6.45, 7) is 13.4. The fourth-order valence-electron chi connectivity index (χ4n) is 12.8. The van der Waals surface area contributed by atoms with Gasteiger partial charge in [0.05, 0.1) is 0 Å². The Morgan fingerprint density at radius 1 is 0.444 bits per heavy atom. The van der Waals surface area contributed by atoms with Gasteiger partial charge in [0.2, 0.25) is 0 Å². The molecule has 0 aliphatic heterocycles. The average molecular weight is 495 g/mol. The van der Waals surface area contributed by atoms with Gasteiger partial charge in [-0.1, -0.05) is 98.8 Å². The van der Waals surface area contributed by atoms with Crippen LogP contribution in [-0.2, 0) is 0 Å². The Bertz CT molecular complexity index is 712. The largest absolute Gasteiger partial charge is 0.0625 e. The van der Waals surface area contributed by atoms with Gasteiger partial charge >= 0.3 is 0 Å². The zero-order valence-corrected chi connectivity index (χ0v) is 25.0. The van der Waals surface area contributed by atoms with Crippen molar-refractivity contribution >= 4 is 0 Å². The van der Waals surface area contributed by atoms with Gasteiger partial charge in [-0.05, 0) is 127 Å². The van der Waals surface area contributed by atoms with E-state index in [0.717, 1.165) is 88.8 Å². The third kappa shape index (κ3) is 4.78. The Morgan fingerprint density at radius 3 is 1.58 bits per heavy atom. The van der Waals surface area contributed by atoms with Crippen LogP contribution in [0.5, 0.6) is 0 Å². The first-order valence-corrected chi connectivity index (χ1v) is 17.4. The molecule has 0 saturated heterocycles. The van der Waals surface area contributed by atoms with Gasteiger partial charge in [-0.3, -0.25) is 0 Å². The Balaban J connectivity index is 1.19. The number of fused-ring (bicyclic) bond motifs is 2. The van der Waals surface area contributed by atoms with Crippen molar-refractivity contribution in [3.8, 4) is 0 Å². The first-order chi connectivity index (χ1) is 17.4. The van der Waals surface area contributed by atoms with E-state index in [-0.39, 0.29) is 0 Å². The van der Waals surface area contributed by atoms with Crippen LogP contribution in [0, 0.1) is 88.8 Å². The second kappa shape index (κ2) is 10.9. The lowest BCUT2D eigenvalue weighted by Gasteiger charge is -2.49. The maximum absolute atomic E-state index is 2.71. The van der Waals surface area contributed by atoms with Crippen LogP contribution in [0.15, 0.2) is 0 Å². The molecular formula is C36H62. The molecule has 6 fully saturated rings. The average Bonchev–Trinajstić information content (AvgIpc) is 3.36. The molecule has 0 radical (unpaired) electrons. The van der Waals surface area contributed by atoms with E-state index in [2.05, 4.69) is 34.6 Å². The van der Waals surface area contributed by atoms with Crippen molar-refractivity contribution < 1.29 is 0 Å². The number of rotatable bonds is 4. The molecule has 6 saturated carbocycles. The summed E-state index contributed by atoms with van der Waals surface area (Å²) in [5.41, 5.74) is 0. The van der Waals surface area contributed by atoms with E-state index in [1.807, 2.05) is 0 Å². The molecule has 0 aromatic rings. The van der Waals surface area contributed by atoms with Crippen LogP contribution in [0.3, 0.4) is 0 Å². The van der Waals surface area contributed by atoms with Crippen molar-refractivity contribution in [2.75, 3.05) is 0 Å². The highest BCUT2D eigenvalue weighted by atomic mass is 14.6. The summed E-state index contributed by atoms with van der Waals surface area (Å²) in [4.78, 5) is 0. The predicted octanol–water partition coefficient (Wildman–Crippen LogP) is 10.7. The lowest BCUT2D eigenvalue weighted by molar-refractivity contribution is -0.00128. The minimum Gasteiger partial charge on any atom is -0.0625 e. The smallest absolute Gasteiger partial charge is 0.0326 e. The maximum Gasteiger partial charge on any atom is -0.0326 e. The number of hydrogen-bond acceptors (Lipinski definition) is 0. The van der Waals surface area contributed by atoms with Crippen LogP contribution in [0.1, 0.15) is 137 Å². The van der Waals surface area contributed by atoms with Crippen molar-refractivity contribution in [3.63, 3.8) is 0 Å². The summed E-state index contributed by atoms with van der Waals surface area (Å²) in [5.74, 6) is 15.7. The lowest BCUT2D eigenvalue weighted by Crippen LogP contribution is -2.42. The molecule has 13 unspecified atom stereocenters. The topological polar surface area (TPSA) is 0 Å². The first kappa shape index (κ1) is 26.2. The van der Waals surface area contributed by atoms with Gasteiger partial charge in [-0.2, -0.15) is 0 Å². The van der Waals surface area contributed by atoms with Crippen molar-refractivity contribution in [3.05, 3.63) is 0 Å². The molecule has 0 spiro atoms. The van der Waals surface area contributed by atoms with Crippen molar-refractivity contribution in [1.29, 1.82) is 0 Å². The molecule has 0 aromatic carbocycles. The highest BCUT2D eigenvalue weighted by Crippen LogP contribution is 2.62. The van der Waals surface area contributed by atoms with Gasteiger partial charge < -0.3 is 0 Å². The van der Waals surface area contributed by atoms with Gasteiger partial charge in [-0.25, -0.2) is 0 Å². The van der Waals surface area contributed by atoms with Crippen molar-refractivity contribution in [2.24, 2.45) is 88.8 Å². The van der Waals surface area contributed by atoms with Gasteiger partial charge in [0.15, 0.2) is 0 Å². The summed E-state index contributed by atoms with van der Waals surface area (Å²) in [5, 5.41) is 0. The maximum atomic E-state index is 2.71. The summed E-state index contributed by atoms with van der Waals surface area (Å²) in [6.07, 6.45) is 25.0. The van der Waals surface area contributed by atoms with E-state index in [9.17, 15) is 0 Å². The second-order valence-corrected chi connectivity index (χ2v) is 16.3. The minimum atomic E-state index is 0.963. The molecule has 0 N–H and O–H groups in total. The van der Waals surface area contributed by atoms with E-state index < -0.39 is 0 Å². The molecule has 206 valence electrons. The summed E-state index contributed by atoms with van der Waals surface area (Å²) in [7, 11) is 0. The van der Waals surface area contributed by atoms with Crippen LogP contribution in [0.4, 0.5) is 0 Å². The second-order valence-electron chi connectivity index (χ2n) is 16.3. The van der Waals surface area contributed by atoms with Crippen LogP contribution < -0.4 is 0 Å². The Labute approximate surface area is 225 Å². The molecule has 6 rings (SSSR count). The fraction of sp³-hybridized carbons (Fsp3) is 1.00. The third-order valence-corrected chi connectivity index (χ3v) is 14.5. The summed E-state index contributed by atoms with van der Waals surface area (Å²) in [6, 6.07) is 0. The number of hydrogen-bond donors (Lipinski definition) is 0. The summed E-state index contributed by atoms with van der Waals surface area (Å²) >= 11 is 0. The molecule has 6 aliphatic rings. The van der Waals surface area contributed by atoms with Crippen LogP contribution in [-0.4, -0.2) is 0 Å². The van der Waals surface area contributed by atoms with Gasteiger partial charge in [-0.15, -0.1) is 0 Å². The highest BCUT2D eigenvalue weighted by Gasteiger charge is 2.55. The van der Waals surface area contributed by atoms with E-state index in [4.69, 9.17) is 0 Å². The first-order valence-electron chi connectivity index (χ1n) is 17.4. The van der Waals surface area contributed by atoms with E-state index >= 15 is 0 Å². The quantitative estimate of drug-likeness (QED) is 0.364. The fourth-order valence-corrected chi connectivity index (χ4v) is 12.8. The minimum absolute atomic E-state index is 0.963. The standard InChI is InChI=1S/C36H62/c1-22-16-31(27-12-8-6-9-13-27)34-19-24(3)29(32(34)17-22)21-30-25(4)20-35-33(30)18-23(2)26(5)36(35)28-14-10-7-11-15-28/h22-36H,6-21H2,1-5H3. The van der Waals surface area contributed by atoms with Crippen LogP contribution >= 0.6 is 0 Å². The summed E-state index contributed by atoms with van der Waals surface area (Å²) < 4.78 is 0. The van der Waals surface area contributed by atoms with E-state index in [1.165, 1.54) is 38.5 Å². The van der Waals surface area contributed by atoms with Crippen molar-refractivity contribution in [1.82, 2.24) is 0 Å². The zero-order chi connectivity index (χ0) is 25.0. The van der Waals surface area contributed by atoms with Crippen LogP contribution in [0.2, 0.25) is 0 Å². The SMILES string of the molecule is CC1CC(C2CCCCC2)C2CC(C)C(CC3C(C)CC4C3CC(C)C(C)C4C3CCCCC3)C2C1. The van der Waals surface area contributed by atoms with Gasteiger partial charge in [0.25, 0.3) is 0 Å². The Morgan fingerprint density at radius 2 is 0.944 bits per heavy atom. The molecule has 0 heterocycles. The zero-order valence-electron chi connectivity index (χ0n) is 25.0. The monoisotopic (exact) mass is 494 g/mol. The molecule has 36 heavy (non-hydrogen) atoms. The van der Waals surface area contributed by atoms with E-state index in [1.54, 1.807) is 64.2 Å². The molecule has 13 atom stereocenters. The predicted molar refractivity (Wildman–Crippen MR) is 155 cm³/mol. The molecule has 0 nitrogen and oxygen atoms in total. The highest BCUT2D eigenvalue weighted by molar-refractivity contribution is 5.04. The molecule has 6 aliphatic carbocycles. The van der Waals surface area contributed by atoms with Crippen molar-refractivity contribution in [2.45, 2.75) is 137 Å². The molecule has 0 aromatic heterocycles.